The minimum absolute atomic E-state index is 0.249. The Morgan fingerprint density at radius 1 is 1.11 bits per heavy atom. The van der Waals surface area contributed by atoms with E-state index < -0.39 is 0 Å². The van der Waals surface area contributed by atoms with Crippen molar-refractivity contribution in [1.29, 1.82) is 0 Å². The van der Waals surface area contributed by atoms with Crippen LogP contribution in [0.5, 0.6) is 0 Å². The first-order chi connectivity index (χ1) is 7.90. The first-order valence-corrected chi connectivity index (χ1v) is 7.68. The van der Waals surface area contributed by atoms with E-state index in [-0.39, 0.29) is 5.54 Å². The molecule has 1 aliphatic rings. The summed E-state index contributed by atoms with van der Waals surface area (Å²) >= 11 is 0. The van der Waals surface area contributed by atoms with E-state index in [4.69, 9.17) is 0 Å². The summed E-state index contributed by atoms with van der Waals surface area (Å²) < 4.78 is 0. The van der Waals surface area contributed by atoms with Gasteiger partial charge in [0.15, 0.2) is 0 Å². The highest BCUT2D eigenvalue weighted by atomic mass is 15.0. The van der Waals surface area contributed by atoms with Crippen molar-refractivity contribution in [3.8, 4) is 0 Å². The molecule has 0 aromatic carbocycles. The minimum Gasteiger partial charge on any atom is -0.309 e. The monoisotopic (exact) mass is 253 g/mol. The maximum absolute atomic E-state index is 3.94. The smallest absolute Gasteiger partial charge is 0.0132 e. The van der Waals surface area contributed by atoms with Crippen molar-refractivity contribution in [2.24, 2.45) is 16.7 Å². The molecule has 1 N–H and O–H groups in total. The SMILES string of the molecule is CC1CC(C)(C)CCC1NC(C)(C)CC(C)(C)C. The quantitative estimate of drug-likeness (QED) is 0.746. The summed E-state index contributed by atoms with van der Waals surface area (Å²) in [7, 11) is 0. The molecule has 0 saturated heterocycles. The molecule has 0 aliphatic heterocycles. The summed E-state index contributed by atoms with van der Waals surface area (Å²) in [4.78, 5) is 0. The normalized spacial score (nSPS) is 29.3. The molecule has 2 atom stereocenters. The van der Waals surface area contributed by atoms with Crippen LogP contribution in [0, 0.1) is 16.7 Å². The molecule has 0 spiro atoms. The van der Waals surface area contributed by atoms with Crippen LogP contribution in [0.25, 0.3) is 0 Å². The molecule has 0 heterocycles. The zero-order chi connectivity index (χ0) is 14.2. The van der Waals surface area contributed by atoms with Crippen molar-refractivity contribution in [3.63, 3.8) is 0 Å². The van der Waals surface area contributed by atoms with Gasteiger partial charge in [0.1, 0.15) is 0 Å². The van der Waals surface area contributed by atoms with Gasteiger partial charge < -0.3 is 5.32 Å². The summed E-state index contributed by atoms with van der Waals surface area (Å²) in [5.41, 5.74) is 1.19. The lowest BCUT2D eigenvalue weighted by Crippen LogP contribution is -2.52. The van der Waals surface area contributed by atoms with E-state index in [9.17, 15) is 0 Å². The third-order valence-electron chi connectivity index (χ3n) is 4.24. The van der Waals surface area contributed by atoms with Crippen LogP contribution >= 0.6 is 0 Å². The first kappa shape index (κ1) is 16.0. The molecule has 0 amide bonds. The van der Waals surface area contributed by atoms with Crippen molar-refractivity contribution >= 4 is 0 Å². The Morgan fingerprint density at radius 2 is 1.67 bits per heavy atom. The lowest BCUT2D eigenvalue weighted by molar-refractivity contribution is 0.115. The zero-order valence-electron chi connectivity index (χ0n) is 14.0. The van der Waals surface area contributed by atoms with Gasteiger partial charge in [-0.1, -0.05) is 41.5 Å². The number of rotatable bonds is 3. The zero-order valence-corrected chi connectivity index (χ0v) is 14.0. The number of hydrogen-bond donors (Lipinski definition) is 1. The first-order valence-electron chi connectivity index (χ1n) is 7.68. The van der Waals surface area contributed by atoms with Crippen LogP contribution in [0.4, 0.5) is 0 Å². The van der Waals surface area contributed by atoms with Crippen molar-refractivity contribution < 1.29 is 0 Å². The van der Waals surface area contributed by atoms with E-state index in [1.807, 2.05) is 0 Å². The van der Waals surface area contributed by atoms with Gasteiger partial charge in [-0.3, -0.25) is 0 Å². The highest BCUT2D eigenvalue weighted by Crippen LogP contribution is 2.39. The van der Waals surface area contributed by atoms with Crippen LogP contribution in [-0.4, -0.2) is 11.6 Å². The van der Waals surface area contributed by atoms with E-state index in [0.29, 0.717) is 16.9 Å². The van der Waals surface area contributed by atoms with Crippen LogP contribution < -0.4 is 5.32 Å². The van der Waals surface area contributed by atoms with Crippen molar-refractivity contribution in [2.75, 3.05) is 0 Å². The fourth-order valence-electron chi connectivity index (χ4n) is 4.04. The van der Waals surface area contributed by atoms with Gasteiger partial charge >= 0.3 is 0 Å². The fraction of sp³-hybridized carbons (Fsp3) is 1.00. The molecule has 2 unspecified atom stereocenters. The molecule has 0 aromatic rings. The molecule has 1 fully saturated rings. The maximum Gasteiger partial charge on any atom is 0.0132 e. The Morgan fingerprint density at radius 3 is 2.11 bits per heavy atom. The predicted octanol–water partition coefficient (Wildman–Crippen LogP) is 5.01. The van der Waals surface area contributed by atoms with Crippen molar-refractivity contribution in [2.45, 2.75) is 92.7 Å². The number of nitrogens with one attached hydrogen (secondary N) is 1. The number of hydrogen-bond acceptors (Lipinski definition) is 1. The van der Waals surface area contributed by atoms with Gasteiger partial charge in [-0.25, -0.2) is 0 Å². The van der Waals surface area contributed by atoms with E-state index >= 15 is 0 Å². The molecule has 1 saturated carbocycles. The van der Waals surface area contributed by atoms with Crippen LogP contribution in [-0.2, 0) is 0 Å². The molecule has 0 aromatic heterocycles. The molecule has 1 heteroatoms. The van der Waals surface area contributed by atoms with E-state index in [1.54, 1.807) is 0 Å². The van der Waals surface area contributed by atoms with Crippen molar-refractivity contribution in [1.82, 2.24) is 5.32 Å². The van der Waals surface area contributed by atoms with Crippen LogP contribution in [0.2, 0.25) is 0 Å². The minimum atomic E-state index is 0.249. The van der Waals surface area contributed by atoms with Gasteiger partial charge in [0.25, 0.3) is 0 Å². The Bertz CT molecular complexity index is 270. The largest absolute Gasteiger partial charge is 0.309 e. The standard InChI is InChI=1S/C17H35N/c1-13-11-16(5,6)10-9-14(13)18-17(7,8)12-15(2,3)4/h13-14,18H,9-12H2,1-8H3. The second kappa shape index (κ2) is 5.15. The second-order valence-electron chi connectivity index (χ2n) is 9.26. The summed E-state index contributed by atoms with van der Waals surface area (Å²) in [6.07, 6.45) is 5.28. The third kappa shape index (κ3) is 5.30. The lowest BCUT2D eigenvalue weighted by Gasteiger charge is -2.44. The van der Waals surface area contributed by atoms with Gasteiger partial charge in [-0.2, -0.15) is 0 Å². The van der Waals surface area contributed by atoms with E-state index in [1.165, 1.54) is 25.7 Å². The van der Waals surface area contributed by atoms with Crippen LogP contribution in [0.1, 0.15) is 81.1 Å². The third-order valence-corrected chi connectivity index (χ3v) is 4.24. The molecular formula is C17H35N. The Hall–Kier alpha value is -0.0400. The second-order valence-corrected chi connectivity index (χ2v) is 9.26. The Kier molecular flexibility index (Phi) is 4.58. The van der Waals surface area contributed by atoms with Gasteiger partial charge in [-0.05, 0) is 56.3 Å². The highest BCUT2D eigenvalue weighted by Gasteiger charge is 2.35. The van der Waals surface area contributed by atoms with Crippen molar-refractivity contribution in [3.05, 3.63) is 0 Å². The van der Waals surface area contributed by atoms with Gasteiger partial charge in [-0.15, -0.1) is 0 Å². The van der Waals surface area contributed by atoms with Crippen LogP contribution in [0.15, 0.2) is 0 Å². The average molecular weight is 253 g/mol. The molecule has 18 heavy (non-hydrogen) atoms. The highest BCUT2D eigenvalue weighted by molar-refractivity contribution is 4.92. The molecule has 108 valence electrons. The Labute approximate surface area is 115 Å². The summed E-state index contributed by atoms with van der Waals surface area (Å²) in [5.74, 6) is 0.799. The van der Waals surface area contributed by atoms with Gasteiger partial charge in [0.2, 0.25) is 0 Å². The van der Waals surface area contributed by atoms with Crippen LogP contribution in [0.3, 0.4) is 0 Å². The summed E-state index contributed by atoms with van der Waals surface area (Å²) in [6, 6.07) is 0.704. The van der Waals surface area contributed by atoms with Gasteiger partial charge in [0.05, 0.1) is 0 Å². The predicted molar refractivity (Wildman–Crippen MR) is 81.9 cm³/mol. The molecule has 0 radical (unpaired) electrons. The van der Waals surface area contributed by atoms with Gasteiger partial charge in [0, 0.05) is 11.6 Å². The molecule has 1 rings (SSSR count). The summed E-state index contributed by atoms with van der Waals surface area (Å²) in [6.45, 7) is 19.0. The lowest BCUT2D eigenvalue weighted by atomic mass is 9.69. The fourth-order valence-corrected chi connectivity index (χ4v) is 4.04. The summed E-state index contributed by atoms with van der Waals surface area (Å²) in [5, 5.41) is 3.94. The molecule has 1 aliphatic carbocycles. The molecule has 1 nitrogen and oxygen atoms in total. The molecule has 0 bridgehead atoms. The maximum atomic E-state index is 3.94. The topological polar surface area (TPSA) is 12.0 Å². The Balaban J connectivity index is 2.57. The average Bonchev–Trinajstić information content (AvgIpc) is 2.04. The van der Waals surface area contributed by atoms with E-state index in [0.717, 1.165) is 5.92 Å². The molecular weight excluding hydrogens is 218 g/mol. The van der Waals surface area contributed by atoms with E-state index in [2.05, 4.69) is 60.7 Å².